The number of nitrogens with one attached hydrogen (secondary N) is 3. The fourth-order valence-corrected chi connectivity index (χ4v) is 2.98. The molecule has 0 fully saturated rings. The van der Waals surface area contributed by atoms with Crippen LogP contribution in [0.2, 0.25) is 0 Å². The maximum absolute atomic E-state index is 12.1. The number of hydrogen-bond donors (Lipinski definition) is 3. The Kier molecular flexibility index (Phi) is 7.80. The number of carbonyl (C=O) groups is 1. The maximum atomic E-state index is 12.1. The Labute approximate surface area is 182 Å². The van der Waals surface area contributed by atoms with Crippen LogP contribution >= 0.6 is 0 Å². The molecule has 0 saturated carbocycles. The summed E-state index contributed by atoms with van der Waals surface area (Å²) in [4.78, 5) is 22.7. The first kappa shape index (κ1) is 22.1. The van der Waals surface area contributed by atoms with Crippen molar-refractivity contribution in [3.8, 4) is 11.6 Å². The average molecular weight is 424 g/mol. The Balaban J connectivity index is 1.50. The van der Waals surface area contributed by atoms with Crippen LogP contribution in [-0.4, -0.2) is 65.7 Å². The number of hydrogen-bond acceptors (Lipinski definition) is 5. The Morgan fingerprint density at radius 3 is 2.81 bits per heavy atom. The molecule has 0 aliphatic heterocycles. The predicted octanol–water partition coefficient (Wildman–Crippen LogP) is 2.11. The van der Waals surface area contributed by atoms with Crippen LogP contribution in [0.1, 0.15) is 28.7 Å². The number of guanidine groups is 1. The summed E-state index contributed by atoms with van der Waals surface area (Å²) in [5.74, 6) is 2.69. The van der Waals surface area contributed by atoms with E-state index in [0.29, 0.717) is 36.7 Å². The summed E-state index contributed by atoms with van der Waals surface area (Å²) in [6, 6.07) is 11.4. The lowest BCUT2D eigenvalue weighted by Crippen LogP contribution is -2.38. The van der Waals surface area contributed by atoms with E-state index in [0.717, 1.165) is 30.3 Å². The normalized spacial score (nSPS) is 11.4. The molecular formula is C22H29N7O2. The molecule has 0 bridgehead atoms. The molecule has 9 nitrogen and oxygen atoms in total. The van der Waals surface area contributed by atoms with Gasteiger partial charge in [0.05, 0.1) is 6.26 Å². The Bertz CT molecular complexity index is 993. The molecule has 164 valence electrons. The van der Waals surface area contributed by atoms with Crippen molar-refractivity contribution in [1.29, 1.82) is 0 Å². The molecule has 0 radical (unpaired) electrons. The van der Waals surface area contributed by atoms with Gasteiger partial charge in [-0.25, -0.2) is 4.98 Å². The van der Waals surface area contributed by atoms with Gasteiger partial charge in [0.2, 0.25) is 5.82 Å². The molecule has 3 rings (SSSR count). The number of aliphatic imine (C=N–C) groups is 1. The highest BCUT2D eigenvalue weighted by Crippen LogP contribution is 2.14. The smallest absolute Gasteiger partial charge is 0.253 e. The molecule has 31 heavy (non-hydrogen) atoms. The van der Waals surface area contributed by atoms with Crippen molar-refractivity contribution in [2.75, 3.05) is 33.7 Å². The molecule has 0 atom stereocenters. The highest BCUT2D eigenvalue weighted by Gasteiger charge is 2.09. The minimum atomic E-state index is 0.00679. The van der Waals surface area contributed by atoms with Gasteiger partial charge in [-0.1, -0.05) is 12.1 Å². The summed E-state index contributed by atoms with van der Waals surface area (Å²) in [7, 11) is 3.51. The van der Waals surface area contributed by atoms with Gasteiger partial charge in [0.1, 0.15) is 5.82 Å². The quantitative estimate of drug-likeness (QED) is 0.359. The zero-order valence-corrected chi connectivity index (χ0v) is 18.2. The molecule has 0 aliphatic rings. The van der Waals surface area contributed by atoms with Crippen LogP contribution in [0.5, 0.6) is 0 Å². The number of H-pyrrole nitrogens is 1. The van der Waals surface area contributed by atoms with E-state index in [4.69, 9.17) is 4.42 Å². The van der Waals surface area contributed by atoms with E-state index in [1.54, 1.807) is 31.3 Å². The molecule has 0 aliphatic carbocycles. The highest BCUT2D eigenvalue weighted by atomic mass is 16.3. The van der Waals surface area contributed by atoms with Gasteiger partial charge in [-0.15, -0.1) is 0 Å². The van der Waals surface area contributed by atoms with Crippen molar-refractivity contribution in [2.45, 2.75) is 19.8 Å². The van der Waals surface area contributed by atoms with Gasteiger partial charge in [0.15, 0.2) is 11.7 Å². The van der Waals surface area contributed by atoms with Gasteiger partial charge in [-0.2, -0.15) is 5.10 Å². The second-order valence-corrected chi connectivity index (χ2v) is 7.17. The molecule has 0 saturated heterocycles. The maximum Gasteiger partial charge on any atom is 0.253 e. The monoisotopic (exact) mass is 423 g/mol. The fraction of sp³-hybridized carbons (Fsp3) is 0.364. The van der Waals surface area contributed by atoms with Crippen molar-refractivity contribution in [3.05, 3.63) is 59.6 Å². The number of aromatic amines is 1. The zero-order chi connectivity index (χ0) is 22.1. The number of amides is 1. The zero-order valence-electron chi connectivity index (χ0n) is 18.2. The van der Waals surface area contributed by atoms with E-state index in [-0.39, 0.29) is 5.91 Å². The summed E-state index contributed by atoms with van der Waals surface area (Å²) in [5, 5.41) is 13.7. The van der Waals surface area contributed by atoms with Crippen molar-refractivity contribution in [2.24, 2.45) is 4.99 Å². The first-order valence-corrected chi connectivity index (χ1v) is 10.3. The van der Waals surface area contributed by atoms with Crippen molar-refractivity contribution >= 4 is 11.9 Å². The van der Waals surface area contributed by atoms with E-state index in [9.17, 15) is 4.79 Å². The van der Waals surface area contributed by atoms with Gasteiger partial charge in [0, 0.05) is 45.7 Å². The molecule has 0 spiro atoms. The number of benzene rings is 1. The van der Waals surface area contributed by atoms with Crippen molar-refractivity contribution < 1.29 is 9.21 Å². The molecule has 1 amide bonds. The lowest BCUT2D eigenvalue weighted by atomic mass is 10.1. The molecule has 9 heteroatoms. The summed E-state index contributed by atoms with van der Waals surface area (Å²) >= 11 is 0. The third-order valence-electron chi connectivity index (χ3n) is 4.52. The molecule has 1 aromatic carbocycles. The Hall–Kier alpha value is -3.62. The number of carbonyl (C=O) groups excluding carboxylic acids is 1. The van der Waals surface area contributed by atoms with Gasteiger partial charge < -0.3 is 20.0 Å². The Morgan fingerprint density at radius 1 is 1.19 bits per heavy atom. The van der Waals surface area contributed by atoms with Crippen molar-refractivity contribution in [1.82, 2.24) is 30.7 Å². The predicted molar refractivity (Wildman–Crippen MR) is 120 cm³/mol. The van der Waals surface area contributed by atoms with E-state index in [1.165, 1.54) is 0 Å². The summed E-state index contributed by atoms with van der Waals surface area (Å²) in [6.45, 7) is 4.06. The summed E-state index contributed by atoms with van der Waals surface area (Å²) in [5.41, 5.74) is 1.80. The molecule has 2 heterocycles. The molecule has 3 N–H and O–H groups in total. The Morgan fingerprint density at radius 2 is 2.06 bits per heavy atom. The van der Waals surface area contributed by atoms with E-state index in [1.807, 2.05) is 37.3 Å². The van der Waals surface area contributed by atoms with Crippen molar-refractivity contribution in [3.63, 3.8) is 0 Å². The van der Waals surface area contributed by atoms with Crippen LogP contribution in [0.15, 0.2) is 52.1 Å². The SMILES string of the molecule is CCNC(=NCCc1nc(-c2ccco2)n[nH]1)NCCc1cccc(C(=O)N(C)C)c1. The molecule has 3 aromatic rings. The minimum Gasteiger partial charge on any atom is -0.461 e. The van der Waals surface area contributed by atoms with Crippen LogP contribution in [0.25, 0.3) is 11.6 Å². The van der Waals surface area contributed by atoms with Gasteiger partial charge >= 0.3 is 0 Å². The van der Waals surface area contributed by atoms with Crippen LogP contribution in [-0.2, 0) is 12.8 Å². The van der Waals surface area contributed by atoms with Gasteiger partial charge in [0.25, 0.3) is 5.91 Å². The fourth-order valence-electron chi connectivity index (χ4n) is 2.98. The van der Waals surface area contributed by atoms with Gasteiger partial charge in [-0.05, 0) is 43.2 Å². The molecule has 2 aromatic heterocycles. The lowest BCUT2D eigenvalue weighted by molar-refractivity contribution is 0.0827. The first-order chi connectivity index (χ1) is 15.1. The third-order valence-corrected chi connectivity index (χ3v) is 4.52. The van der Waals surface area contributed by atoms with E-state index in [2.05, 4.69) is 30.8 Å². The second-order valence-electron chi connectivity index (χ2n) is 7.17. The number of aromatic nitrogens is 3. The van der Waals surface area contributed by atoms with Crippen LogP contribution in [0.3, 0.4) is 0 Å². The average Bonchev–Trinajstić information content (AvgIpc) is 3.45. The summed E-state index contributed by atoms with van der Waals surface area (Å²) in [6.07, 6.45) is 3.02. The standard InChI is InChI=1S/C22H29N7O2/c1-4-23-22(24-12-10-16-7-5-8-17(15-16)21(30)29(2)3)25-13-11-19-26-20(28-27-19)18-9-6-14-31-18/h5-9,14-15H,4,10-13H2,1-3H3,(H2,23,24,25)(H,26,27,28). The molecule has 0 unspecified atom stereocenters. The minimum absolute atomic E-state index is 0.00679. The first-order valence-electron chi connectivity index (χ1n) is 10.3. The molecular weight excluding hydrogens is 394 g/mol. The van der Waals surface area contributed by atoms with Crippen LogP contribution in [0, 0.1) is 0 Å². The van der Waals surface area contributed by atoms with Crippen LogP contribution in [0.4, 0.5) is 0 Å². The number of nitrogens with zero attached hydrogens (tertiary/aromatic N) is 4. The van der Waals surface area contributed by atoms with Gasteiger partial charge in [-0.3, -0.25) is 14.9 Å². The summed E-state index contributed by atoms with van der Waals surface area (Å²) < 4.78 is 5.31. The second kappa shape index (κ2) is 11.0. The lowest BCUT2D eigenvalue weighted by Gasteiger charge is -2.13. The third kappa shape index (κ3) is 6.43. The topological polar surface area (TPSA) is 111 Å². The highest BCUT2D eigenvalue weighted by molar-refractivity contribution is 5.94. The van der Waals surface area contributed by atoms with Crippen LogP contribution < -0.4 is 10.6 Å². The largest absolute Gasteiger partial charge is 0.461 e. The van der Waals surface area contributed by atoms with E-state index >= 15 is 0 Å². The number of rotatable bonds is 9. The number of furan rings is 1. The van der Waals surface area contributed by atoms with E-state index < -0.39 is 0 Å².